The van der Waals surface area contributed by atoms with E-state index < -0.39 is 0 Å². The highest BCUT2D eigenvalue weighted by molar-refractivity contribution is 5.76. The van der Waals surface area contributed by atoms with Crippen molar-refractivity contribution in [3.05, 3.63) is 0 Å². The molecule has 2 rings (SSSR count). The van der Waals surface area contributed by atoms with Gasteiger partial charge in [0.2, 0.25) is 5.91 Å². The van der Waals surface area contributed by atoms with Gasteiger partial charge in [-0.15, -0.1) is 0 Å². The van der Waals surface area contributed by atoms with E-state index in [0.717, 1.165) is 18.9 Å². The Balaban J connectivity index is 1.70. The van der Waals surface area contributed by atoms with E-state index in [1.54, 1.807) is 0 Å². The molecule has 0 radical (unpaired) electrons. The molecule has 1 saturated carbocycles. The molecule has 0 aromatic rings. The van der Waals surface area contributed by atoms with E-state index in [9.17, 15) is 4.79 Å². The first kappa shape index (κ1) is 12.9. The highest BCUT2D eigenvalue weighted by Crippen LogP contribution is 2.26. The minimum atomic E-state index is 0.256. The monoisotopic (exact) mass is 238 g/mol. The van der Waals surface area contributed by atoms with E-state index in [1.807, 2.05) is 0 Å². The SMILES string of the molecule is CCC1CCCC(NC(=O)CC2CCCN2)C1. The number of nitrogens with one attached hydrogen (secondary N) is 2. The Bertz CT molecular complexity index is 249. The third kappa shape index (κ3) is 3.98. The lowest BCUT2D eigenvalue weighted by Gasteiger charge is -2.29. The van der Waals surface area contributed by atoms with Gasteiger partial charge in [-0.1, -0.05) is 26.2 Å². The molecule has 2 fully saturated rings. The lowest BCUT2D eigenvalue weighted by molar-refractivity contribution is -0.122. The van der Waals surface area contributed by atoms with Gasteiger partial charge >= 0.3 is 0 Å². The quantitative estimate of drug-likeness (QED) is 0.788. The molecule has 3 atom stereocenters. The molecule has 3 nitrogen and oxygen atoms in total. The van der Waals surface area contributed by atoms with E-state index in [0.29, 0.717) is 18.5 Å². The topological polar surface area (TPSA) is 41.1 Å². The minimum absolute atomic E-state index is 0.256. The summed E-state index contributed by atoms with van der Waals surface area (Å²) < 4.78 is 0. The first-order valence-corrected chi connectivity index (χ1v) is 7.30. The molecule has 3 heteroatoms. The number of hydrogen-bond donors (Lipinski definition) is 2. The van der Waals surface area contributed by atoms with Crippen LogP contribution >= 0.6 is 0 Å². The molecule has 1 aliphatic carbocycles. The maximum absolute atomic E-state index is 11.9. The van der Waals surface area contributed by atoms with Crippen LogP contribution in [0.25, 0.3) is 0 Å². The molecule has 1 saturated heterocycles. The first-order chi connectivity index (χ1) is 8.28. The molecule has 2 aliphatic rings. The van der Waals surface area contributed by atoms with Crippen LogP contribution in [-0.2, 0) is 4.79 Å². The molecule has 0 aromatic heterocycles. The van der Waals surface area contributed by atoms with Crippen molar-refractivity contribution in [3.8, 4) is 0 Å². The fourth-order valence-corrected chi connectivity index (χ4v) is 3.23. The van der Waals surface area contributed by atoms with Gasteiger partial charge in [-0.2, -0.15) is 0 Å². The average molecular weight is 238 g/mol. The highest BCUT2D eigenvalue weighted by atomic mass is 16.1. The molecule has 0 bridgehead atoms. The van der Waals surface area contributed by atoms with Crippen LogP contribution in [0.3, 0.4) is 0 Å². The first-order valence-electron chi connectivity index (χ1n) is 7.30. The molecule has 98 valence electrons. The van der Waals surface area contributed by atoms with Gasteiger partial charge in [0.05, 0.1) is 0 Å². The van der Waals surface area contributed by atoms with Crippen LogP contribution < -0.4 is 10.6 Å². The summed E-state index contributed by atoms with van der Waals surface area (Å²) in [5.41, 5.74) is 0. The Labute approximate surface area is 105 Å². The van der Waals surface area contributed by atoms with Crippen molar-refractivity contribution in [2.24, 2.45) is 5.92 Å². The van der Waals surface area contributed by atoms with E-state index in [-0.39, 0.29) is 5.91 Å². The second kappa shape index (κ2) is 6.39. The molecular weight excluding hydrogens is 212 g/mol. The Morgan fingerprint density at radius 2 is 2.18 bits per heavy atom. The standard InChI is InChI=1S/C14H26N2O/c1-2-11-5-3-6-13(9-11)16-14(17)10-12-7-4-8-15-12/h11-13,15H,2-10H2,1H3,(H,16,17). The van der Waals surface area contributed by atoms with Crippen molar-refractivity contribution < 1.29 is 4.79 Å². The molecule has 17 heavy (non-hydrogen) atoms. The summed E-state index contributed by atoms with van der Waals surface area (Å²) in [6.07, 6.45) is 9.33. The molecule has 0 aromatic carbocycles. The normalized spacial score (nSPS) is 33.6. The maximum Gasteiger partial charge on any atom is 0.221 e. The summed E-state index contributed by atoms with van der Waals surface area (Å²) in [6.45, 7) is 3.34. The van der Waals surface area contributed by atoms with Crippen molar-refractivity contribution in [3.63, 3.8) is 0 Å². The molecule has 3 unspecified atom stereocenters. The predicted molar refractivity (Wildman–Crippen MR) is 69.8 cm³/mol. The van der Waals surface area contributed by atoms with Gasteiger partial charge in [-0.3, -0.25) is 4.79 Å². The smallest absolute Gasteiger partial charge is 0.221 e. The number of carbonyl (C=O) groups is 1. The largest absolute Gasteiger partial charge is 0.353 e. The van der Waals surface area contributed by atoms with Gasteiger partial charge in [0.15, 0.2) is 0 Å². The third-order valence-electron chi connectivity index (χ3n) is 4.32. The van der Waals surface area contributed by atoms with Gasteiger partial charge in [0.1, 0.15) is 0 Å². The minimum Gasteiger partial charge on any atom is -0.353 e. The molecule has 0 spiro atoms. The van der Waals surface area contributed by atoms with Crippen LogP contribution in [0.2, 0.25) is 0 Å². The summed E-state index contributed by atoms with van der Waals surface area (Å²) in [6, 6.07) is 0.878. The summed E-state index contributed by atoms with van der Waals surface area (Å²) in [5.74, 6) is 1.09. The van der Waals surface area contributed by atoms with Crippen LogP contribution in [0.1, 0.15) is 58.3 Å². The second-order valence-corrected chi connectivity index (χ2v) is 5.70. The number of rotatable bonds is 4. The fourth-order valence-electron chi connectivity index (χ4n) is 3.23. The van der Waals surface area contributed by atoms with Crippen LogP contribution in [-0.4, -0.2) is 24.5 Å². The molecular formula is C14H26N2O. The molecule has 1 heterocycles. The molecule has 2 N–H and O–H groups in total. The lowest BCUT2D eigenvalue weighted by Crippen LogP contribution is -2.40. The van der Waals surface area contributed by atoms with Gasteiger partial charge in [-0.05, 0) is 38.1 Å². The van der Waals surface area contributed by atoms with Crippen molar-refractivity contribution in [1.82, 2.24) is 10.6 Å². The van der Waals surface area contributed by atoms with E-state index in [2.05, 4.69) is 17.6 Å². The van der Waals surface area contributed by atoms with Gasteiger partial charge in [0.25, 0.3) is 0 Å². The Morgan fingerprint density at radius 1 is 1.29 bits per heavy atom. The zero-order valence-corrected chi connectivity index (χ0v) is 11.0. The van der Waals surface area contributed by atoms with E-state index in [4.69, 9.17) is 0 Å². The van der Waals surface area contributed by atoms with Gasteiger partial charge in [-0.25, -0.2) is 0 Å². The van der Waals surface area contributed by atoms with Crippen LogP contribution in [0.4, 0.5) is 0 Å². The van der Waals surface area contributed by atoms with Crippen LogP contribution in [0.5, 0.6) is 0 Å². The molecule has 1 amide bonds. The lowest BCUT2D eigenvalue weighted by atomic mass is 9.84. The Hall–Kier alpha value is -0.570. The van der Waals surface area contributed by atoms with Crippen molar-refractivity contribution >= 4 is 5.91 Å². The van der Waals surface area contributed by atoms with Gasteiger partial charge < -0.3 is 10.6 Å². The predicted octanol–water partition coefficient (Wildman–Crippen LogP) is 2.21. The number of carbonyl (C=O) groups excluding carboxylic acids is 1. The number of amides is 1. The number of hydrogen-bond acceptors (Lipinski definition) is 2. The van der Waals surface area contributed by atoms with E-state index in [1.165, 1.54) is 38.5 Å². The summed E-state index contributed by atoms with van der Waals surface area (Å²) in [5, 5.41) is 6.61. The average Bonchev–Trinajstić information content (AvgIpc) is 2.82. The highest BCUT2D eigenvalue weighted by Gasteiger charge is 2.23. The zero-order valence-electron chi connectivity index (χ0n) is 11.0. The third-order valence-corrected chi connectivity index (χ3v) is 4.32. The van der Waals surface area contributed by atoms with E-state index >= 15 is 0 Å². The van der Waals surface area contributed by atoms with Crippen molar-refractivity contribution in [2.45, 2.75) is 70.4 Å². The fraction of sp³-hybridized carbons (Fsp3) is 0.929. The maximum atomic E-state index is 11.9. The Kier molecular flexibility index (Phi) is 4.84. The van der Waals surface area contributed by atoms with Crippen molar-refractivity contribution in [1.29, 1.82) is 0 Å². The Morgan fingerprint density at radius 3 is 2.88 bits per heavy atom. The van der Waals surface area contributed by atoms with Crippen LogP contribution in [0.15, 0.2) is 0 Å². The second-order valence-electron chi connectivity index (χ2n) is 5.70. The summed E-state index contributed by atoms with van der Waals surface area (Å²) in [7, 11) is 0. The van der Waals surface area contributed by atoms with Crippen LogP contribution in [0, 0.1) is 5.92 Å². The van der Waals surface area contributed by atoms with Gasteiger partial charge in [0, 0.05) is 18.5 Å². The zero-order chi connectivity index (χ0) is 12.1. The summed E-state index contributed by atoms with van der Waals surface area (Å²) in [4.78, 5) is 11.9. The molecule has 1 aliphatic heterocycles. The summed E-state index contributed by atoms with van der Waals surface area (Å²) >= 11 is 0. The van der Waals surface area contributed by atoms with Crippen molar-refractivity contribution in [2.75, 3.05) is 6.54 Å².